The van der Waals surface area contributed by atoms with Crippen LogP contribution in [0.25, 0.3) is 6.08 Å². The molecule has 1 aromatic rings. The van der Waals surface area contributed by atoms with Crippen molar-refractivity contribution in [3.8, 4) is 0 Å². The number of hydrogen-bond donors (Lipinski definition) is 0. The molecule has 0 saturated heterocycles. The Bertz CT molecular complexity index is 347. The Morgan fingerprint density at radius 2 is 1.19 bits per heavy atom. The average molecular weight is 287 g/mol. The highest BCUT2D eigenvalue weighted by Gasteiger charge is 1.95. The Hall–Kier alpha value is -1.04. The fraction of sp³-hybridized carbons (Fsp3) is 0.619. The van der Waals surface area contributed by atoms with Crippen LogP contribution in [0, 0.1) is 0 Å². The summed E-state index contributed by atoms with van der Waals surface area (Å²) in [5, 5.41) is 0. The summed E-state index contributed by atoms with van der Waals surface area (Å²) in [6.07, 6.45) is 18.7. The molecule has 1 rings (SSSR count). The zero-order chi connectivity index (χ0) is 15.2. The molecule has 0 aliphatic rings. The molecule has 0 atom stereocenters. The molecule has 118 valence electrons. The maximum absolute atomic E-state index is 3.79. The molecule has 0 N–H and O–H groups in total. The highest BCUT2D eigenvalue weighted by atomic mass is 14.0. The second-order valence-corrected chi connectivity index (χ2v) is 6.23. The van der Waals surface area contributed by atoms with Crippen molar-refractivity contribution in [3.63, 3.8) is 0 Å². The van der Waals surface area contributed by atoms with Crippen LogP contribution in [0.3, 0.4) is 0 Å². The minimum atomic E-state index is 1.22. The smallest absolute Gasteiger partial charge is 0.0262 e. The van der Waals surface area contributed by atoms with E-state index in [2.05, 4.69) is 37.8 Å². The van der Waals surface area contributed by atoms with Crippen LogP contribution < -0.4 is 0 Å². The molecule has 0 radical (unpaired) electrons. The van der Waals surface area contributed by atoms with Gasteiger partial charge in [0.05, 0.1) is 0 Å². The minimum Gasteiger partial charge on any atom is -0.0985 e. The molecule has 0 nitrogen and oxygen atoms in total. The van der Waals surface area contributed by atoms with Gasteiger partial charge in [0.15, 0.2) is 0 Å². The molecule has 0 heterocycles. The lowest BCUT2D eigenvalue weighted by atomic mass is 10.0. The highest BCUT2D eigenvalue weighted by Crippen LogP contribution is 2.13. The molecule has 0 unspecified atom stereocenters. The number of benzene rings is 1. The van der Waals surface area contributed by atoms with Gasteiger partial charge in [-0.1, -0.05) is 108 Å². The van der Waals surface area contributed by atoms with Crippen LogP contribution in [0.5, 0.6) is 0 Å². The van der Waals surface area contributed by atoms with E-state index in [1.54, 1.807) is 0 Å². The molecule has 0 amide bonds. The Kier molecular flexibility index (Phi) is 10.9. The van der Waals surface area contributed by atoms with Crippen molar-refractivity contribution in [1.29, 1.82) is 0 Å². The fourth-order valence-electron chi connectivity index (χ4n) is 2.81. The molecule has 0 heteroatoms. The number of hydrogen-bond acceptors (Lipinski definition) is 0. The lowest BCUT2D eigenvalue weighted by Gasteiger charge is -2.04. The Morgan fingerprint density at radius 3 is 1.67 bits per heavy atom. The largest absolute Gasteiger partial charge is 0.0985 e. The molecular weight excluding hydrogens is 252 g/mol. The first-order valence-corrected chi connectivity index (χ1v) is 9.08. The van der Waals surface area contributed by atoms with Crippen LogP contribution in [0.1, 0.15) is 88.7 Å². The monoisotopic (exact) mass is 286 g/mol. The average Bonchev–Trinajstić information content (AvgIpc) is 2.53. The van der Waals surface area contributed by atoms with Crippen LogP contribution in [0.4, 0.5) is 0 Å². The van der Waals surface area contributed by atoms with Gasteiger partial charge in [-0.15, -0.1) is 0 Å². The summed E-state index contributed by atoms with van der Waals surface area (Å²) in [6.45, 7) is 6.08. The van der Waals surface area contributed by atoms with Crippen molar-refractivity contribution in [2.24, 2.45) is 0 Å². The molecule has 0 aromatic heterocycles. The number of rotatable bonds is 13. The van der Waals surface area contributed by atoms with Crippen molar-refractivity contribution in [2.45, 2.75) is 84.0 Å². The third kappa shape index (κ3) is 9.50. The van der Waals surface area contributed by atoms with E-state index in [0.29, 0.717) is 0 Å². The van der Waals surface area contributed by atoms with Crippen molar-refractivity contribution >= 4 is 6.08 Å². The summed E-state index contributed by atoms with van der Waals surface area (Å²) >= 11 is 0. The molecule has 0 fully saturated rings. The Morgan fingerprint density at radius 1 is 0.714 bits per heavy atom. The first-order chi connectivity index (χ1) is 10.4. The second-order valence-electron chi connectivity index (χ2n) is 6.23. The topological polar surface area (TPSA) is 0 Å². The van der Waals surface area contributed by atoms with Crippen LogP contribution in [0.2, 0.25) is 0 Å². The zero-order valence-electron chi connectivity index (χ0n) is 14.1. The summed E-state index contributed by atoms with van der Waals surface area (Å²) in [4.78, 5) is 0. The van der Waals surface area contributed by atoms with E-state index in [4.69, 9.17) is 0 Å². The Labute approximate surface area is 132 Å². The third-order valence-electron chi connectivity index (χ3n) is 4.28. The summed E-state index contributed by atoms with van der Waals surface area (Å²) in [7, 11) is 0. The Balaban J connectivity index is 1.89. The van der Waals surface area contributed by atoms with E-state index >= 15 is 0 Å². The van der Waals surface area contributed by atoms with E-state index < -0.39 is 0 Å². The maximum Gasteiger partial charge on any atom is -0.0262 e. The first kappa shape index (κ1) is 18.0. The highest BCUT2D eigenvalue weighted by molar-refractivity contribution is 5.47. The van der Waals surface area contributed by atoms with Gasteiger partial charge in [-0.25, -0.2) is 0 Å². The number of aryl methyl sites for hydroxylation is 1. The van der Waals surface area contributed by atoms with E-state index in [1.807, 2.05) is 6.08 Å². The second kappa shape index (κ2) is 12.7. The normalized spacial score (nSPS) is 10.7. The van der Waals surface area contributed by atoms with Gasteiger partial charge in [0, 0.05) is 0 Å². The van der Waals surface area contributed by atoms with Crippen LogP contribution >= 0.6 is 0 Å². The molecule has 0 saturated carbocycles. The lowest BCUT2D eigenvalue weighted by Crippen LogP contribution is -1.87. The molecule has 0 aliphatic heterocycles. The standard InChI is InChI=1S/C21H34/c1-3-5-6-7-8-9-10-11-12-13-14-15-21-18-16-20(4-2)17-19-21/h4,16-19H,2-3,5-15H2,1H3. The van der Waals surface area contributed by atoms with E-state index in [1.165, 1.54) is 88.2 Å². The summed E-state index contributed by atoms with van der Waals surface area (Å²) in [5.41, 5.74) is 2.69. The van der Waals surface area contributed by atoms with Crippen molar-refractivity contribution in [3.05, 3.63) is 42.0 Å². The molecule has 0 spiro atoms. The van der Waals surface area contributed by atoms with Gasteiger partial charge in [0.1, 0.15) is 0 Å². The quantitative estimate of drug-likeness (QED) is 0.337. The molecule has 1 aromatic carbocycles. The molecule has 0 bridgehead atoms. The van der Waals surface area contributed by atoms with Gasteiger partial charge in [0.25, 0.3) is 0 Å². The van der Waals surface area contributed by atoms with Crippen molar-refractivity contribution < 1.29 is 0 Å². The predicted molar refractivity (Wildman–Crippen MR) is 96.7 cm³/mol. The van der Waals surface area contributed by atoms with E-state index in [-0.39, 0.29) is 0 Å². The van der Waals surface area contributed by atoms with Crippen LogP contribution in [0.15, 0.2) is 30.8 Å². The van der Waals surface area contributed by atoms with Gasteiger partial charge in [-0.2, -0.15) is 0 Å². The molecule has 0 aliphatic carbocycles. The summed E-state index contributed by atoms with van der Waals surface area (Å²) in [6, 6.07) is 8.82. The molecular formula is C21H34. The zero-order valence-corrected chi connectivity index (χ0v) is 14.1. The lowest BCUT2D eigenvalue weighted by molar-refractivity contribution is 0.549. The van der Waals surface area contributed by atoms with E-state index in [0.717, 1.165) is 0 Å². The van der Waals surface area contributed by atoms with Crippen LogP contribution in [-0.4, -0.2) is 0 Å². The van der Waals surface area contributed by atoms with Gasteiger partial charge in [0.2, 0.25) is 0 Å². The predicted octanol–water partition coefficient (Wildman–Crippen LogP) is 7.18. The minimum absolute atomic E-state index is 1.22. The van der Waals surface area contributed by atoms with Gasteiger partial charge < -0.3 is 0 Å². The van der Waals surface area contributed by atoms with E-state index in [9.17, 15) is 0 Å². The van der Waals surface area contributed by atoms with Gasteiger partial charge in [-0.05, 0) is 24.0 Å². The summed E-state index contributed by atoms with van der Waals surface area (Å²) in [5.74, 6) is 0. The van der Waals surface area contributed by atoms with Crippen LogP contribution in [-0.2, 0) is 6.42 Å². The first-order valence-electron chi connectivity index (χ1n) is 9.08. The van der Waals surface area contributed by atoms with Crippen molar-refractivity contribution in [1.82, 2.24) is 0 Å². The van der Waals surface area contributed by atoms with Gasteiger partial charge in [-0.3, -0.25) is 0 Å². The van der Waals surface area contributed by atoms with Crippen molar-refractivity contribution in [2.75, 3.05) is 0 Å². The molecule has 21 heavy (non-hydrogen) atoms. The van der Waals surface area contributed by atoms with Gasteiger partial charge >= 0.3 is 0 Å². The number of unbranched alkanes of at least 4 members (excludes halogenated alkanes) is 10. The maximum atomic E-state index is 3.79. The third-order valence-corrected chi connectivity index (χ3v) is 4.28. The SMILES string of the molecule is C=Cc1ccc(CCCCCCCCCCCCC)cc1. The fourth-order valence-corrected chi connectivity index (χ4v) is 2.81. The summed E-state index contributed by atoms with van der Waals surface area (Å²) < 4.78 is 0.